The van der Waals surface area contributed by atoms with Crippen LogP contribution in [0.3, 0.4) is 0 Å². The van der Waals surface area contributed by atoms with E-state index in [1.807, 2.05) is 0 Å². The van der Waals surface area contributed by atoms with Gasteiger partial charge in [0.25, 0.3) is 11.4 Å². The molecular weight excluding hydrogens is 1450 g/mol. The molecule has 0 radical (unpaired) electrons. The van der Waals surface area contributed by atoms with Crippen molar-refractivity contribution in [3.05, 3.63) is 104 Å². The van der Waals surface area contributed by atoms with Crippen molar-refractivity contribution in [2.24, 2.45) is 20.5 Å². The van der Waals surface area contributed by atoms with Crippen molar-refractivity contribution in [1.29, 1.82) is 0 Å². The maximum Gasteiger partial charge on any atom is 3.00 e. The minimum Gasteiger partial charge on any atom is -0.871 e. The second-order valence-electron chi connectivity index (χ2n) is 15.1. The Morgan fingerprint density at radius 3 is 1.07 bits per heavy atom. The molecule has 8 aromatic rings. The van der Waals surface area contributed by atoms with E-state index in [4.69, 9.17) is 34.7 Å². The van der Waals surface area contributed by atoms with Crippen LogP contribution in [0.1, 0.15) is 0 Å². The number of benzene rings is 6. The number of nitrogen functional groups attached to an aromatic ring is 2. The van der Waals surface area contributed by atoms with E-state index in [-0.39, 0.29) is 274 Å². The molecule has 0 unspecified atom stereocenters. The third-order valence-corrected chi connectivity index (χ3v) is 13.6. The number of rotatable bonds is 14. The molecule has 86 heavy (non-hydrogen) atoms. The predicted molar refractivity (Wildman–Crippen MR) is 257 cm³/mol. The maximum absolute atomic E-state index is 13.5. The minimum absolute atomic E-state index is 0. The van der Waals surface area contributed by atoms with Gasteiger partial charge < -0.3 is 60.7 Å². The number of aromatic nitrogens is 6. The number of anilines is 6. The number of non-ortho nitro benzene ring substituents is 2. The minimum atomic E-state index is -5.52. The van der Waals surface area contributed by atoms with Gasteiger partial charge in [-0.05, 0) is 81.1 Å². The Kier molecular flexibility index (Phi) is 32.7. The Labute approximate surface area is 714 Å². The molecule has 8 rings (SSSR count). The zero-order valence-electron chi connectivity index (χ0n) is 43.3. The standard InChI is InChI=1S/2C19H13ClN8O10S2.Co.5K/c2*20-17-23-18(21)25-19(24-17)22-11-6-9(39(33,34)35)3-7-4-13(40(36,37)38)15(16(30)14(7)11)27-26-10-5-8(28(31)32)1-2-12(10)29;;;;;;/h2*1-6,29-30H,(H,33,34,35)(H,36,37,38)(H3,21,22,23,24,25);;;;;;/q;;+3;5*+1/p-8. The Hall–Kier alpha value is -0.832. The van der Waals surface area contributed by atoms with E-state index in [9.17, 15) is 92.5 Å². The number of nitro benzene ring substituents is 2. The topological polar surface area (TPSA) is 610 Å². The quantitative estimate of drug-likeness (QED) is 0.0258. The van der Waals surface area contributed by atoms with Gasteiger partial charge in [-0.1, -0.05) is 35.1 Å². The summed E-state index contributed by atoms with van der Waals surface area (Å²) in [7, 11) is -21.5. The van der Waals surface area contributed by atoms with Gasteiger partial charge in [-0.2, -0.15) is 40.1 Å². The molecule has 0 bridgehead atoms. The first-order valence-corrected chi connectivity index (χ1v) is 26.6. The molecule has 48 heteroatoms. The van der Waals surface area contributed by atoms with E-state index in [1.54, 1.807) is 0 Å². The molecule has 0 saturated heterocycles. The molecule has 0 aliphatic carbocycles. The number of nitro groups is 2. The molecule has 0 aliphatic heterocycles. The fourth-order valence-corrected chi connectivity index (χ4v) is 9.31. The maximum atomic E-state index is 13.5. The van der Waals surface area contributed by atoms with E-state index < -0.39 is 194 Å². The van der Waals surface area contributed by atoms with Crippen LogP contribution in [-0.4, -0.2) is 91.6 Å². The Balaban J connectivity index is 0.000000804. The van der Waals surface area contributed by atoms with Gasteiger partial charge in [-0.25, -0.2) is 33.7 Å². The summed E-state index contributed by atoms with van der Waals surface area (Å²) < 4.78 is 143. The molecule has 0 atom stereocenters. The molecule has 2 heterocycles. The van der Waals surface area contributed by atoms with Crippen molar-refractivity contribution < 1.29 is 356 Å². The Bertz CT molecular complexity index is 4220. The van der Waals surface area contributed by atoms with Crippen LogP contribution < -0.4 is 299 Å². The molecule has 0 spiro atoms. The van der Waals surface area contributed by atoms with Crippen LogP contribution in [0.5, 0.6) is 23.0 Å². The second-order valence-corrected chi connectivity index (χ2v) is 21.2. The number of nitrogens with one attached hydrogen (secondary N) is 2. The van der Waals surface area contributed by atoms with Gasteiger partial charge in [0.1, 0.15) is 40.5 Å². The summed E-state index contributed by atoms with van der Waals surface area (Å²) in [6.07, 6.45) is 0. The summed E-state index contributed by atoms with van der Waals surface area (Å²) in [4.78, 5) is 37.6. The largest absolute Gasteiger partial charge is 3.00 e. The first-order chi connectivity index (χ1) is 37.1. The molecule has 36 nitrogen and oxygen atoms in total. The van der Waals surface area contributed by atoms with E-state index in [0.717, 1.165) is 24.3 Å². The number of nitrogens with two attached hydrogens (primary N) is 2. The van der Waals surface area contributed by atoms with Crippen molar-refractivity contribution in [2.45, 2.75) is 19.6 Å². The van der Waals surface area contributed by atoms with Crippen molar-refractivity contribution in [1.82, 2.24) is 29.9 Å². The first-order valence-electron chi connectivity index (χ1n) is 20.2. The van der Waals surface area contributed by atoms with Crippen molar-refractivity contribution >= 4 is 155 Å². The molecule has 0 saturated carbocycles. The van der Waals surface area contributed by atoms with Gasteiger partial charge in [0.15, 0.2) is 0 Å². The van der Waals surface area contributed by atoms with Gasteiger partial charge in [0.05, 0.1) is 52.2 Å². The first kappa shape index (κ1) is 83.2. The number of hydrogen-bond acceptors (Lipinski definition) is 34. The van der Waals surface area contributed by atoms with Crippen LogP contribution in [0.25, 0.3) is 21.5 Å². The number of nitrogens with zero attached hydrogens (tertiary/aromatic N) is 12. The van der Waals surface area contributed by atoms with Crippen LogP contribution in [0.15, 0.2) is 113 Å². The summed E-state index contributed by atoms with van der Waals surface area (Å²) in [5.41, 5.74) is 5.20. The van der Waals surface area contributed by atoms with Gasteiger partial charge in [0, 0.05) is 35.6 Å². The number of fused-ring (bicyclic) bond motifs is 2. The Morgan fingerprint density at radius 1 is 0.465 bits per heavy atom. The third kappa shape index (κ3) is 21.1. The number of hydrogen-bond donors (Lipinski definition) is 4. The van der Waals surface area contributed by atoms with Crippen LogP contribution in [0.4, 0.5) is 69.3 Å². The van der Waals surface area contributed by atoms with Crippen molar-refractivity contribution in [3.8, 4) is 23.0 Å². The van der Waals surface area contributed by atoms with Gasteiger partial charge in [0.2, 0.25) is 34.4 Å². The van der Waals surface area contributed by atoms with Crippen LogP contribution in [0, 0.1) is 20.2 Å². The van der Waals surface area contributed by atoms with E-state index in [2.05, 4.69) is 61.0 Å². The fourth-order valence-electron chi connectivity index (χ4n) is 6.63. The van der Waals surface area contributed by atoms with Gasteiger partial charge >= 0.3 is 274 Å². The summed E-state index contributed by atoms with van der Waals surface area (Å²) in [5.74, 6) is -6.16. The zero-order valence-corrected chi connectivity index (χ0v) is 64.8. The molecule has 2 aromatic heterocycles. The molecule has 422 valence electrons. The molecule has 6 aromatic carbocycles. The van der Waals surface area contributed by atoms with E-state index >= 15 is 0 Å². The van der Waals surface area contributed by atoms with Crippen LogP contribution in [0.2, 0.25) is 10.6 Å². The monoisotopic (exact) mass is 1470 g/mol. The predicted octanol–water partition coefficient (Wildman–Crippen LogP) is -12.4. The summed E-state index contributed by atoms with van der Waals surface area (Å²) in [6, 6.07) is 8.38. The molecule has 0 aliphatic rings. The van der Waals surface area contributed by atoms with Gasteiger partial charge in [-0.15, -0.1) is 10.2 Å². The fraction of sp³-hybridized carbons (Fsp3) is 0. The van der Waals surface area contributed by atoms with E-state index in [0.29, 0.717) is 48.5 Å². The second kappa shape index (κ2) is 33.8. The van der Waals surface area contributed by atoms with E-state index in [1.165, 1.54) is 0 Å². The molecule has 0 amide bonds. The van der Waals surface area contributed by atoms with Crippen LogP contribution in [-0.2, 0) is 57.3 Å². The smallest absolute Gasteiger partial charge is 0.871 e. The third-order valence-electron chi connectivity index (χ3n) is 9.89. The summed E-state index contributed by atoms with van der Waals surface area (Å²) in [5, 5.41) is 88.7. The molecular formula is C38H18Cl2CoK5N16O20S4. The Morgan fingerprint density at radius 2 is 0.791 bits per heavy atom. The van der Waals surface area contributed by atoms with Crippen molar-refractivity contribution in [3.63, 3.8) is 0 Å². The normalized spacial score (nSPS) is 11.3. The van der Waals surface area contributed by atoms with Crippen molar-refractivity contribution in [2.75, 3.05) is 22.1 Å². The average molecular weight is 1470 g/mol. The summed E-state index contributed by atoms with van der Waals surface area (Å²) in [6.45, 7) is 0. The summed E-state index contributed by atoms with van der Waals surface area (Å²) >= 11 is 11.4. The number of azo groups is 2. The zero-order chi connectivity index (χ0) is 59.1. The number of halogens is 2. The van der Waals surface area contributed by atoms with Crippen LogP contribution >= 0.6 is 23.2 Å². The average Bonchev–Trinajstić information content (AvgIpc) is 1.25. The molecule has 6 N–H and O–H groups in total. The SMILES string of the molecule is Nc1nc(Cl)nc(Nc2cc(S(=O)(=O)[O-])cc3cc(S(=O)(=O)[O-])c(N=Nc4cc([N+](=O)[O-])ccc4[O-])c([O-])c23)n1.Nc1nc(Cl)nc(Nc2cc(S(=O)(=O)[O-])cc3cc(S(=O)(=O)[O-])c(N=Nc4cc([N+](=O)[O-])ccc4[O-])c([O-])c23)n1.[Co+3].[K+].[K+].[K+].[K+].[K+]. The van der Waals surface area contributed by atoms with Gasteiger partial charge in [-0.3, -0.25) is 20.2 Å². The molecule has 0 fully saturated rings.